The number of amides is 1. The molecule has 4 rings (SSSR count). The highest BCUT2D eigenvalue weighted by molar-refractivity contribution is 5.93. The number of aromatic nitrogens is 1. The Morgan fingerprint density at radius 1 is 1.00 bits per heavy atom. The van der Waals surface area contributed by atoms with Gasteiger partial charge in [-0.2, -0.15) is 0 Å². The third kappa shape index (κ3) is 5.39. The second kappa shape index (κ2) is 9.75. The predicted molar refractivity (Wildman–Crippen MR) is 123 cm³/mol. The van der Waals surface area contributed by atoms with Crippen molar-refractivity contribution in [3.8, 4) is 11.1 Å². The normalized spacial score (nSPS) is 12.3. The first-order valence-electron chi connectivity index (χ1n) is 9.96. The first kappa shape index (κ1) is 21.8. The van der Waals surface area contributed by atoms with Crippen molar-refractivity contribution in [2.24, 2.45) is 0 Å². The summed E-state index contributed by atoms with van der Waals surface area (Å²) in [6, 6.07) is 16.9. The Balaban J connectivity index is 0.000000287. The van der Waals surface area contributed by atoms with Gasteiger partial charge in [-0.3, -0.25) is 4.79 Å². The molecular weight excluding hydrogens is 392 g/mol. The minimum absolute atomic E-state index is 0.0844. The predicted octanol–water partition coefficient (Wildman–Crippen LogP) is 3.69. The molecule has 4 N–H and O–H groups in total. The molecule has 0 spiro atoms. The highest BCUT2D eigenvalue weighted by atomic mass is 16.5. The van der Waals surface area contributed by atoms with Crippen LogP contribution in [0.5, 0.6) is 0 Å². The van der Waals surface area contributed by atoms with Crippen LogP contribution in [0.15, 0.2) is 60.8 Å². The quantitative estimate of drug-likeness (QED) is 0.614. The van der Waals surface area contributed by atoms with Gasteiger partial charge in [-0.15, -0.1) is 0 Å². The SMILES string of the molecule is COC(=O)c1ccc(-c2ccc3c(c2)CCCN3C(C)=O)cc1.Nc1ccc(N)nc1. The zero-order valence-electron chi connectivity index (χ0n) is 17.7. The first-order valence-corrected chi connectivity index (χ1v) is 9.96. The molecule has 0 bridgehead atoms. The van der Waals surface area contributed by atoms with Crippen molar-refractivity contribution in [2.45, 2.75) is 19.8 Å². The van der Waals surface area contributed by atoms with E-state index >= 15 is 0 Å². The Kier molecular flexibility index (Phi) is 6.87. The molecule has 0 saturated heterocycles. The number of benzene rings is 2. The lowest BCUT2D eigenvalue weighted by atomic mass is 9.95. The van der Waals surface area contributed by atoms with E-state index in [2.05, 4.69) is 11.1 Å². The van der Waals surface area contributed by atoms with Crippen LogP contribution in [0, 0.1) is 0 Å². The van der Waals surface area contributed by atoms with E-state index in [9.17, 15) is 9.59 Å². The van der Waals surface area contributed by atoms with Gasteiger partial charge in [0.05, 0.1) is 24.6 Å². The molecule has 7 nitrogen and oxygen atoms in total. The Morgan fingerprint density at radius 3 is 2.29 bits per heavy atom. The summed E-state index contributed by atoms with van der Waals surface area (Å²) in [4.78, 5) is 28.8. The molecule has 31 heavy (non-hydrogen) atoms. The number of nitrogens with zero attached hydrogens (tertiary/aromatic N) is 2. The van der Waals surface area contributed by atoms with Gasteiger partial charge < -0.3 is 21.1 Å². The van der Waals surface area contributed by atoms with Gasteiger partial charge in [0.25, 0.3) is 0 Å². The van der Waals surface area contributed by atoms with E-state index in [0.717, 1.165) is 36.2 Å². The maximum Gasteiger partial charge on any atom is 0.337 e. The lowest BCUT2D eigenvalue weighted by Crippen LogP contribution is -2.33. The molecule has 0 aliphatic carbocycles. The van der Waals surface area contributed by atoms with Crippen LogP contribution in [0.1, 0.15) is 29.3 Å². The lowest BCUT2D eigenvalue weighted by molar-refractivity contribution is -0.116. The molecule has 7 heteroatoms. The molecule has 1 aliphatic heterocycles. The number of nitrogen functional groups attached to an aromatic ring is 2. The number of esters is 1. The molecule has 2 heterocycles. The molecule has 160 valence electrons. The summed E-state index contributed by atoms with van der Waals surface area (Å²) >= 11 is 0. The van der Waals surface area contributed by atoms with Gasteiger partial charge in [0.2, 0.25) is 5.91 Å². The molecule has 0 unspecified atom stereocenters. The average Bonchev–Trinajstić information content (AvgIpc) is 2.80. The number of methoxy groups -OCH3 is 1. The van der Waals surface area contributed by atoms with E-state index in [4.69, 9.17) is 16.2 Å². The number of carbonyl (C=O) groups is 2. The zero-order chi connectivity index (χ0) is 22.4. The van der Waals surface area contributed by atoms with Crippen molar-refractivity contribution < 1.29 is 14.3 Å². The second-order valence-corrected chi connectivity index (χ2v) is 7.20. The number of ether oxygens (including phenoxy) is 1. The van der Waals surface area contributed by atoms with Crippen LogP contribution in [0.4, 0.5) is 17.2 Å². The van der Waals surface area contributed by atoms with Crippen LogP contribution >= 0.6 is 0 Å². The Hall–Kier alpha value is -3.87. The number of aryl methyl sites for hydroxylation is 1. The molecule has 1 aromatic heterocycles. The summed E-state index contributed by atoms with van der Waals surface area (Å²) < 4.78 is 4.71. The van der Waals surface area contributed by atoms with Gasteiger partial charge in [0, 0.05) is 19.2 Å². The maximum atomic E-state index is 11.7. The lowest BCUT2D eigenvalue weighted by Gasteiger charge is -2.29. The standard InChI is InChI=1S/C19H19NO3.C5H7N3/c1-13(21)20-11-3-4-17-12-16(9-10-18(17)20)14-5-7-15(8-6-14)19(22)23-2;6-4-1-2-5(7)8-3-4/h5-10,12H,3-4,11H2,1-2H3;1-3H,6H2,(H2,7,8). The van der Waals surface area contributed by atoms with Crippen molar-refractivity contribution in [1.29, 1.82) is 0 Å². The van der Waals surface area contributed by atoms with Crippen LogP contribution in [0.3, 0.4) is 0 Å². The van der Waals surface area contributed by atoms with Crippen LogP contribution < -0.4 is 16.4 Å². The molecule has 0 fully saturated rings. The van der Waals surface area contributed by atoms with Crippen molar-refractivity contribution in [1.82, 2.24) is 4.98 Å². The highest BCUT2D eigenvalue weighted by Gasteiger charge is 2.20. The monoisotopic (exact) mass is 418 g/mol. The molecule has 0 atom stereocenters. The molecule has 0 radical (unpaired) electrons. The number of anilines is 3. The maximum absolute atomic E-state index is 11.7. The molecule has 1 aliphatic rings. The zero-order valence-corrected chi connectivity index (χ0v) is 17.7. The second-order valence-electron chi connectivity index (χ2n) is 7.20. The minimum atomic E-state index is -0.334. The Labute approximate surface area is 181 Å². The molecule has 2 aromatic carbocycles. The first-order chi connectivity index (χ1) is 14.9. The van der Waals surface area contributed by atoms with E-state index in [-0.39, 0.29) is 11.9 Å². The van der Waals surface area contributed by atoms with Crippen LogP contribution in [0.25, 0.3) is 11.1 Å². The summed E-state index contributed by atoms with van der Waals surface area (Å²) in [5, 5.41) is 0. The smallest absolute Gasteiger partial charge is 0.337 e. The van der Waals surface area contributed by atoms with Gasteiger partial charge in [-0.25, -0.2) is 9.78 Å². The Morgan fingerprint density at radius 2 is 1.71 bits per heavy atom. The van der Waals surface area contributed by atoms with Crippen molar-refractivity contribution in [3.05, 3.63) is 71.9 Å². The minimum Gasteiger partial charge on any atom is -0.465 e. The topological polar surface area (TPSA) is 112 Å². The number of rotatable bonds is 2. The highest BCUT2D eigenvalue weighted by Crippen LogP contribution is 2.31. The third-order valence-electron chi connectivity index (χ3n) is 5.03. The molecule has 1 amide bonds. The van der Waals surface area contributed by atoms with E-state index in [1.807, 2.05) is 29.2 Å². The number of hydrogen-bond acceptors (Lipinski definition) is 6. The average molecular weight is 418 g/mol. The number of carbonyl (C=O) groups excluding carboxylic acids is 2. The van der Waals surface area contributed by atoms with E-state index in [1.165, 1.54) is 18.9 Å². The summed E-state index contributed by atoms with van der Waals surface area (Å²) in [7, 11) is 1.38. The summed E-state index contributed by atoms with van der Waals surface area (Å²) in [5.74, 6) is 0.249. The fourth-order valence-electron chi connectivity index (χ4n) is 3.44. The van der Waals surface area contributed by atoms with Gasteiger partial charge >= 0.3 is 5.97 Å². The van der Waals surface area contributed by atoms with E-state index < -0.39 is 0 Å². The largest absolute Gasteiger partial charge is 0.465 e. The summed E-state index contributed by atoms with van der Waals surface area (Å²) in [6.45, 7) is 2.39. The number of nitrogens with two attached hydrogens (primary N) is 2. The van der Waals surface area contributed by atoms with E-state index in [0.29, 0.717) is 17.1 Å². The van der Waals surface area contributed by atoms with Crippen molar-refractivity contribution in [2.75, 3.05) is 30.0 Å². The van der Waals surface area contributed by atoms with Gasteiger partial charge in [-0.05, 0) is 65.9 Å². The third-order valence-corrected chi connectivity index (χ3v) is 5.03. The van der Waals surface area contributed by atoms with Crippen molar-refractivity contribution >= 4 is 29.1 Å². The van der Waals surface area contributed by atoms with Crippen LogP contribution in [-0.2, 0) is 16.0 Å². The number of fused-ring (bicyclic) bond motifs is 1. The van der Waals surface area contributed by atoms with Gasteiger partial charge in [0.1, 0.15) is 5.82 Å². The fraction of sp³-hybridized carbons (Fsp3) is 0.208. The van der Waals surface area contributed by atoms with Crippen LogP contribution in [-0.4, -0.2) is 30.5 Å². The fourth-order valence-corrected chi connectivity index (χ4v) is 3.44. The summed E-state index contributed by atoms with van der Waals surface area (Å²) in [5.41, 5.74) is 16.1. The Bertz CT molecular complexity index is 1040. The molecule has 0 saturated carbocycles. The molecular formula is C24H26N4O3. The van der Waals surface area contributed by atoms with Gasteiger partial charge in [0.15, 0.2) is 0 Å². The number of pyridine rings is 1. The molecule has 3 aromatic rings. The van der Waals surface area contributed by atoms with Crippen LogP contribution in [0.2, 0.25) is 0 Å². The van der Waals surface area contributed by atoms with Gasteiger partial charge in [-0.1, -0.05) is 18.2 Å². The number of hydrogen-bond donors (Lipinski definition) is 2. The van der Waals surface area contributed by atoms with Crippen molar-refractivity contribution in [3.63, 3.8) is 0 Å². The van der Waals surface area contributed by atoms with E-state index in [1.54, 1.807) is 31.2 Å². The summed E-state index contributed by atoms with van der Waals surface area (Å²) in [6.07, 6.45) is 3.49.